The third-order valence-electron chi connectivity index (χ3n) is 5.08. The van der Waals surface area contributed by atoms with Gasteiger partial charge in [-0.1, -0.05) is 46.8 Å². The minimum atomic E-state index is -2.48. The molecule has 0 radical (unpaired) electrons. The minimum Gasteiger partial charge on any atom is -0.381 e. The van der Waals surface area contributed by atoms with E-state index in [4.69, 9.17) is 8.85 Å². The molecule has 0 aromatic heterocycles. The summed E-state index contributed by atoms with van der Waals surface area (Å²) in [6, 6.07) is 6.40. The van der Waals surface area contributed by atoms with Crippen molar-refractivity contribution in [2.24, 2.45) is 4.99 Å². The summed E-state index contributed by atoms with van der Waals surface area (Å²) in [4.78, 5) is 15.2. The molecule has 1 aromatic rings. The van der Waals surface area contributed by atoms with Crippen LogP contribution in [0.3, 0.4) is 0 Å². The first-order valence-corrected chi connectivity index (χ1v) is 12.6. The van der Waals surface area contributed by atoms with Gasteiger partial charge in [-0.05, 0) is 37.0 Å². The van der Waals surface area contributed by atoms with E-state index in [0.717, 1.165) is 24.2 Å². The average Bonchev–Trinajstić information content (AvgIpc) is 2.71. The van der Waals surface area contributed by atoms with Crippen molar-refractivity contribution in [3.05, 3.63) is 39.9 Å². The van der Waals surface area contributed by atoms with Crippen molar-refractivity contribution in [2.75, 3.05) is 27.1 Å². The summed E-state index contributed by atoms with van der Waals surface area (Å²) in [5.74, 6) is 0. The van der Waals surface area contributed by atoms with E-state index in [1.807, 2.05) is 14.0 Å². The maximum absolute atomic E-state index is 11.0. The van der Waals surface area contributed by atoms with Gasteiger partial charge in [0.2, 0.25) is 0 Å². The highest BCUT2D eigenvalue weighted by atomic mass is 28.4. The maximum atomic E-state index is 11.0. The molecule has 0 bridgehead atoms. The molecule has 1 unspecified atom stereocenters. The highest BCUT2D eigenvalue weighted by Crippen LogP contribution is 2.34. The summed E-state index contributed by atoms with van der Waals surface area (Å²) in [5.41, 5.74) is 2.47. The predicted molar refractivity (Wildman–Crippen MR) is 124 cm³/mol. The topological polar surface area (TPSA) is 98.0 Å². The smallest absolute Gasteiger partial charge is 0.345 e. The van der Waals surface area contributed by atoms with Crippen molar-refractivity contribution >= 4 is 20.0 Å². The van der Waals surface area contributed by atoms with Crippen molar-refractivity contribution in [3.63, 3.8) is 0 Å². The van der Waals surface area contributed by atoms with Crippen LogP contribution in [0, 0.1) is 10.1 Å². The number of benzene rings is 1. The molecule has 0 aliphatic carbocycles. The summed E-state index contributed by atoms with van der Waals surface area (Å²) >= 11 is 0. The zero-order chi connectivity index (χ0) is 22.7. The van der Waals surface area contributed by atoms with E-state index >= 15 is 0 Å². The van der Waals surface area contributed by atoms with Gasteiger partial charge in [-0.25, -0.2) is 0 Å². The normalized spacial score (nSPS) is 13.8. The average molecular weight is 439 g/mol. The van der Waals surface area contributed by atoms with E-state index in [0.29, 0.717) is 13.5 Å². The minimum absolute atomic E-state index is 0.0726. The molecule has 0 aliphatic rings. The Morgan fingerprint density at radius 1 is 1.13 bits per heavy atom. The first kappa shape index (κ1) is 26.4. The molecule has 1 rings (SSSR count). The molecule has 0 spiro atoms. The van der Waals surface area contributed by atoms with Crippen LogP contribution < -0.4 is 10.6 Å². The van der Waals surface area contributed by atoms with Gasteiger partial charge in [0.15, 0.2) is 0 Å². The van der Waals surface area contributed by atoms with E-state index in [1.54, 1.807) is 12.1 Å². The van der Waals surface area contributed by atoms with Crippen LogP contribution >= 0.6 is 0 Å². The zero-order valence-electron chi connectivity index (χ0n) is 19.4. The lowest BCUT2D eigenvalue weighted by atomic mass is 10.0. The van der Waals surface area contributed by atoms with Gasteiger partial charge >= 0.3 is 8.56 Å². The summed E-state index contributed by atoms with van der Waals surface area (Å²) in [6.45, 7) is 14.1. The highest BCUT2D eigenvalue weighted by Gasteiger charge is 2.45. The molecule has 170 valence electrons. The van der Waals surface area contributed by atoms with Crippen molar-refractivity contribution in [2.45, 2.75) is 65.1 Å². The van der Waals surface area contributed by atoms with Crippen LogP contribution in [0.5, 0.6) is 0 Å². The zero-order valence-corrected chi connectivity index (χ0v) is 20.4. The van der Waals surface area contributed by atoms with Crippen LogP contribution in [0.1, 0.15) is 59.6 Å². The fourth-order valence-electron chi connectivity index (χ4n) is 3.47. The van der Waals surface area contributed by atoms with E-state index in [9.17, 15) is 10.1 Å². The molecule has 9 heteroatoms. The molecule has 2 N–H and O–H groups in total. The van der Waals surface area contributed by atoms with Crippen molar-refractivity contribution < 1.29 is 13.8 Å². The van der Waals surface area contributed by atoms with Crippen LogP contribution in [0.2, 0.25) is 11.1 Å². The Morgan fingerprint density at radius 2 is 1.70 bits per heavy atom. The molecule has 0 fully saturated rings. The molecular weight excluding hydrogens is 400 g/mol. The second-order valence-corrected chi connectivity index (χ2v) is 12.3. The first-order valence-electron chi connectivity index (χ1n) is 10.6. The van der Waals surface area contributed by atoms with Crippen molar-refractivity contribution in [3.8, 4) is 0 Å². The van der Waals surface area contributed by atoms with Crippen molar-refractivity contribution in [1.82, 2.24) is 10.6 Å². The Hall–Kier alpha value is -1.65. The lowest BCUT2D eigenvalue weighted by molar-refractivity contribution is -0.384. The van der Waals surface area contributed by atoms with E-state index in [-0.39, 0.29) is 22.8 Å². The Labute approximate surface area is 181 Å². The van der Waals surface area contributed by atoms with Gasteiger partial charge in [0, 0.05) is 24.4 Å². The number of aliphatic imine (C=N–C) groups is 1. The number of non-ortho nitro benzene ring substituents is 1. The maximum Gasteiger partial charge on any atom is 0.345 e. The first-order chi connectivity index (χ1) is 14.2. The van der Waals surface area contributed by atoms with Crippen molar-refractivity contribution in [1.29, 1.82) is 0 Å². The van der Waals surface area contributed by atoms with Crippen LogP contribution in [0.4, 0.5) is 5.69 Å². The van der Waals surface area contributed by atoms with Crippen LogP contribution in [-0.4, -0.2) is 46.2 Å². The number of nitrogens with one attached hydrogen (secondary N) is 2. The molecule has 1 atom stereocenters. The summed E-state index contributed by atoms with van der Waals surface area (Å²) in [7, 11) is -0.620. The number of nitro groups is 1. The van der Waals surface area contributed by atoms with Crippen LogP contribution in [0.15, 0.2) is 29.3 Å². The lowest BCUT2D eigenvalue weighted by Gasteiger charge is -2.38. The van der Waals surface area contributed by atoms with Crippen LogP contribution in [0.25, 0.3) is 0 Å². The summed E-state index contributed by atoms with van der Waals surface area (Å²) in [6.07, 6.45) is 0.954. The van der Waals surface area contributed by atoms with Gasteiger partial charge in [0.05, 0.1) is 24.4 Å². The molecule has 0 heterocycles. The molecule has 0 saturated heterocycles. The number of rotatable bonds is 14. The van der Waals surface area contributed by atoms with Gasteiger partial charge < -0.3 is 8.85 Å². The monoisotopic (exact) mass is 438 g/mol. The molecule has 1 aromatic carbocycles. The highest BCUT2D eigenvalue weighted by molar-refractivity contribution is 6.70. The van der Waals surface area contributed by atoms with Gasteiger partial charge in [0.25, 0.3) is 5.69 Å². The second kappa shape index (κ2) is 12.9. The molecular formula is C21H38N4O4Si. The molecule has 0 amide bonds. The molecule has 0 aliphatic heterocycles. The number of hydrogen-bond acceptors (Lipinski definition) is 7. The third-order valence-corrected chi connectivity index (χ3v) is 9.49. The third kappa shape index (κ3) is 7.24. The lowest BCUT2D eigenvalue weighted by Crippen LogP contribution is -2.51. The van der Waals surface area contributed by atoms with Gasteiger partial charge in [-0.2, -0.15) is 0 Å². The Bertz CT molecular complexity index is 672. The summed E-state index contributed by atoms with van der Waals surface area (Å²) < 4.78 is 12.6. The Balaban J connectivity index is 3.04. The van der Waals surface area contributed by atoms with E-state index in [1.165, 1.54) is 12.1 Å². The number of hydrogen-bond donors (Lipinski definition) is 2. The van der Waals surface area contributed by atoms with Crippen LogP contribution in [-0.2, 0) is 8.85 Å². The summed E-state index contributed by atoms with van der Waals surface area (Å²) in [5, 5.41) is 17.5. The standard InChI is InChI=1S/C21H38N4O4Si/c1-8-13-23-18(6)21(19-9-11-20(12-10-19)25(26)27)24-15-29-30(16(2)3,17(4)5)28-14-22-7/h9-12,16-17,21-22,24H,8,13-15H2,1-7H3/b23-18-. The Kier molecular flexibility index (Phi) is 11.4. The molecule has 8 nitrogen and oxygen atoms in total. The Morgan fingerprint density at radius 3 is 2.17 bits per heavy atom. The quantitative estimate of drug-likeness (QED) is 0.146. The largest absolute Gasteiger partial charge is 0.381 e. The predicted octanol–water partition coefficient (Wildman–Crippen LogP) is 4.53. The number of nitro benzene ring substituents is 1. The number of nitrogens with zero attached hydrogens (tertiary/aromatic N) is 2. The van der Waals surface area contributed by atoms with Gasteiger partial charge in [-0.15, -0.1) is 0 Å². The van der Waals surface area contributed by atoms with Gasteiger partial charge in [-0.3, -0.25) is 25.7 Å². The van der Waals surface area contributed by atoms with E-state index in [2.05, 4.69) is 50.2 Å². The fraction of sp³-hybridized carbons (Fsp3) is 0.667. The molecule has 0 saturated carbocycles. The SMILES string of the molecule is CCC/N=C(/C)C(NCO[Si](OCNC)(C(C)C)C(C)C)c1ccc([N+](=O)[O-])cc1. The fourth-order valence-corrected chi connectivity index (χ4v) is 6.90. The molecule has 30 heavy (non-hydrogen) atoms. The van der Waals surface area contributed by atoms with Gasteiger partial charge in [0.1, 0.15) is 0 Å². The van der Waals surface area contributed by atoms with E-state index < -0.39 is 13.5 Å². The second-order valence-electron chi connectivity index (χ2n) is 7.97.